The number of Topliss-reactive ketones (excluding diaryl/α,β-unsaturated/α-hetero) is 1. The van der Waals surface area contributed by atoms with Crippen LogP contribution in [0.3, 0.4) is 0 Å². The van der Waals surface area contributed by atoms with Crippen LogP contribution in [0.4, 0.5) is 20.5 Å². The van der Waals surface area contributed by atoms with Crippen molar-refractivity contribution in [2.24, 2.45) is 0 Å². The minimum Gasteiger partial charge on any atom is -0.404 e. The number of nitrogens with zero attached hydrogens (tertiary/aromatic N) is 3. The molecule has 2 aliphatic rings. The number of hydrogen-bond donors (Lipinski definition) is 1. The molecule has 2 aliphatic heterocycles. The average molecular weight is 528 g/mol. The van der Waals surface area contributed by atoms with Crippen molar-refractivity contribution in [3.05, 3.63) is 115 Å². The molecule has 38 heavy (non-hydrogen) atoms. The van der Waals surface area contributed by atoms with Crippen molar-refractivity contribution in [2.45, 2.75) is 17.7 Å². The Hall–Kier alpha value is -4.82. The number of anilines is 2. The smallest absolute Gasteiger partial charge is 0.349 e. The number of carbonyl (C=O) groups excluding carboxylic acids is 1. The lowest BCUT2D eigenvalue weighted by Crippen LogP contribution is -2.31. The van der Waals surface area contributed by atoms with Gasteiger partial charge < -0.3 is 9.40 Å². The molecule has 2 aromatic carbocycles. The van der Waals surface area contributed by atoms with Crippen LogP contribution in [0.1, 0.15) is 34.3 Å². The number of nitriles is 1. The Morgan fingerprint density at radius 2 is 1.76 bits per heavy atom. The number of benzene rings is 2. The largest absolute Gasteiger partial charge is 0.404 e. The lowest BCUT2D eigenvalue weighted by Gasteiger charge is -2.30. The van der Waals surface area contributed by atoms with E-state index in [1.807, 2.05) is 0 Å². The van der Waals surface area contributed by atoms with Gasteiger partial charge in [0.1, 0.15) is 22.2 Å². The number of aromatic nitrogens is 2. The van der Waals surface area contributed by atoms with Gasteiger partial charge in [0.05, 0.1) is 34.3 Å². The zero-order valence-corrected chi connectivity index (χ0v) is 20.2. The molecule has 11 heteroatoms. The first-order valence-electron chi connectivity index (χ1n) is 11.2. The summed E-state index contributed by atoms with van der Waals surface area (Å²) in [4.78, 5) is 47.4. The van der Waals surface area contributed by atoms with Gasteiger partial charge in [0.15, 0.2) is 11.6 Å². The van der Waals surface area contributed by atoms with Crippen LogP contribution in [0.2, 0.25) is 0 Å². The van der Waals surface area contributed by atoms with Gasteiger partial charge in [0.25, 0.3) is 5.56 Å². The maximum atomic E-state index is 13.7. The van der Waals surface area contributed by atoms with Crippen LogP contribution >= 0.6 is 11.8 Å². The summed E-state index contributed by atoms with van der Waals surface area (Å²) in [6.07, 6.45) is 1.18. The molecule has 186 valence electrons. The number of ketones is 1. The maximum Gasteiger partial charge on any atom is 0.349 e. The molecule has 6 rings (SSSR count). The minimum absolute atomic E-state index is 0.0241. The Kier molecular flexibility index (Phi) is 5.36. The third kappa shape index (κ3) is 3.42. The predicted molar refractivity (Wildman–Crippen MR) is 134 cm³/mol. The fourth-order valence-electron chi connectivity index (χ4n) is 4.77. The van der Waals surface area contributed by atoms with Gasteiger partial charge in [-0.2, -0.15) is 5.26 Å². The summed E-state index contributed by atoms with van der Waals surface area (Å²) in [7, 11) is 0. The third-order valence-corrected chi connectivity index (χ3v) is 7.54. The van der Waals surface area contributed by atoms with E-state index in [0.717, 1.165) is 11.8 Å². The highest BCUT2D eigenvalue weighted by Gasteiger charge is 2.45. The molecule has 2 aromatic heterocycles. The third-order valence-electron chi connectivity index (χ3n) is 6.37. The van der Waals surface area contributed by atoms with Crippen LogP contribution in [0.5, 0.6) is 0 Å². The molecule has 0 radical (unpaired) electrons. The van der Waals surface area contributed by atoms with Crippen molar-refractivity contribution in [2.75, 3.05) is 4.90 Å². The summed E-state index contributed by atoms with van der Waals surface area (Å²) >= 11 is 1.07. The van der Waals surface area contributed by atoms with Gasteiger partial charge in [-0.25, -0.2) is 18.6 Å². The molecule has 8 nitrogen and oxygen atoms in total. The van der Waals surface area contributed by atoms with Gasteiger partial charge >= 0.3 is 5.63 Å². The van der Waals surface area contributed by atoms with E-state index in [2.05, 4.69) is 16.0 Å². The maximum absolute atomic E-state index is 13.7. The highest BCUT2D eigenvalue weighted by molar-refractivity contribution is 8.04. The van der Waals surface area contributed by atoms with Crippen LogP contribution in [0.15, 0.2) is 84.4 Å². The monoisotopic (exact) mass is 528 g/mol. The number of aromatic amines is 1. The zero-order chi connectivity index (χ0) is 26.7. The van der Waals surface area contributed by atoms with Crippen molar-refractivity contribution in [3.63, 3.8) is 0 Å². The number of hydrogen-bond acceptors (Lipinski definition) is 8. The van der Waals surface area contributed by atoms with Gasteiger partial charge in [-0.15, -0.1) is 0 Å². The molecule has 4 aromatic rings. The first kappa shape index (κ1) is 23.6. The lowest BCUT2D eigenvalue weighted by molar-refractivity contribution is 0.101. The van der Waals surface area contributed by atoms with E-state index in [-0.39, 0.29) is 34.0 Å². The number of carbonyl (C=O) groups is 1. The standard InChI is InChI=1S/C27H14F2N4O4S/c1-12(34)18-20(14-4-8-16(29)9-5-14)22-25(37-27(18)36)33-23-21(24(35)32-11-31-23)19(17(10-30)26(33)38-22)13-2-6-15(28)7-3-13/h2-9,11,19H,1H3,(H,31,32,35). The molecule has 0 bridgehead atoms. The molecule has 0 fully saturated rings. The number of halogens is 2. The second-order valence-electron chi connectivity index (χ2n) is 8.56. The van der Waals surface area contributed by atoms with E-state index in [1.54, 1.807) is 0 Å². The molecule has 0 aliphatic carbocycles. The minimum atomic E-state index is -0.928. The highest BCUT2D eigenvalue weighted by atomic mass is 32.2. The SMILES string of the molecule is CC(=O)c1c(-c2ccc(F)cc2)c2c(oc1=O)N1C(=C(C#N)C(c3ccc(F)cc3)c3c1nc[nH]c3=O)S2. The fourth-order valence-corrected chi connectivity index (χ4v) is 6.04. The highest BCUT2D eigenvalue weighted by Crippen LogP contribution is 2.58. The first-order chi connectivity index (χ1) is 18.3. The normalized spacial score (nSPS) is 15.5. The number of nitrogens with one attached hydrogen (secondary N) is 1. The molecule has 0 saturated carbocycles. The van der Waals surface area contributed by atoms with Gasteiger partial charge in [-0.3, -0.25) is 14.5 Å². The summed E-state index contributed by atoms with van der Waals surface area (Å²) in [5, 5.41) is 10.6. The number of allylic oxidation sites excluding steroid dienone is 1. The molecule has 0 amide bonds. The Labute approximate surface area is 216 Å². The number of H-pyrrole nitrogens is 1. The summed E-state index contributed by atoms with van der Waals surface area (Å²) in [5.74, 6) is -2.34. The average Bonchev–Trinajstić information content (AvgIpc) is 3.27. The molecular weight excluding hydrogens is 514 g/mol. The van der Waals surface area contributed by atoms with Crippen LogP contribution in [0, 0.1) is 23.0 Å². The molecule has 1 atom stereocenters. The summed E-state index contributed by atoms with van der Waals surface area (Å²) in [6.45, 7) is 1.22. The second-order valence-corrected chi connectivity index (χ2v) is 9.56. The van der Waals surface area contributed by atoms with Crippen molar-refractivity contribution in [1.82, 2.24) is 9.97 Å². The Bertz CT molecular complexity index is 1850. The Morgan fingerprint density at radius 1 is 1.11 bits per heavy atom. The molecule has 0 saturated heterocycles. The van der Waals surface area contributed by atoms with Gasteiger partial charge in [0, 0.05) is 5.56 Å². The first-order valence-corrected chi connectivity index (χ1v) is 12.0. The van der Waals surface area contributed by atoms with Crippen LogP contribution < -0.4 is 16.1 Å². The number of thioether (sulfide) groups is 1. The quantitative estimate of drug-likeness (QED) is 0.369. The van der Waals surface area contributed by atoms with E-state index in [9.17, 15) is 28.4 Å². The summed E-state index contributed by atoms with van der Waals surface area (Å²) in [5.41, 5.74) is -0.347. The lowest BCUT2D eigenvalue weighted by atomic mass is 9.84. The molecule has 0 spiro atoms. The van der Waals surface area contributed by atoms with Gasteiger partial charge in [-0.1, -0.05) is 36.0 Å². The topological polar surface area (TPSA) is 120 Å². The summed E-state index contributed by atoms with van der Waals surface area (Å²) in [6, 6.07) is 12.9. The summed E-state index contributed by atoms with van der Waals surface area (Å²) < 4.78 is 33.1. The van der Waals surface area contributed by atoms with Crippen LogP contribution in [0.25, 0.3) is 11.1 Å². The van der Waals surface area contributed by atoms with E-state index < -0.39 is 34.5 Å². The number of fused-ring (bicyclic) bond motifs is 5. The van der Waals surface area contributed by atoms with Crippen LogP contribution in [-0.4, -0.2) is 15.8 Å². The van der Waals surface area contributed by atoms with Gasteiger partial charge in [-0.05, 0) is 42.3 Å². The Balaban J connectivity index is 1.70. The van der Waals surface area contributed by atoms with Crippen molar-refractivity contribution < 1.29 is 18.0 Å². The van der Waals surface area contributed by atoms with Crippen molar-refractivity contribution in [1.29, 1.82) is 5.26 Å². The molecule has 1 unspecified atom stereocenters. The van der Waals surface area contributed by atoms with E-state index in [0.29, 0.717) is 21.1 Å². The van der Waals surface area contributed by atoms with E-state index in [1.165, 1.54) is 66.7 Å². The van der Waals surface area contributed by atoms with Gasteiger partial charge in [0.2, 0.25) is 5.88 Å². The number of rotatable bonds is 3. The molecule has 4 heterocycles. The van der Waals surface area contributed by atoms with Crippen LogP contribution in [-0.2, 0) is 0 Å². The van der Waals surface area contributed by atoms with E-state index >= 15 is 0 Å². The van der Waals surface area contributed by atoms with Crippen molar-refractivity contribution >= 4 is 29.2 Å². The fraction of sp³-hybridized carbons (Fsp3) is 0.0741. The Morgan fingerprint density at radius 3 is 2.39 bits per heavy atom. The molecular formula is C27H14F2N4O4S. The second kappa shape index (κ2) is 8.64. The molecule has 1 N–H and O–H groups in total. The van der Waals surface area contributed by atoms with E-state index in [4.69, 9.17) is 4.42 Å². The van der Waals surface area contributed by atoms with Crippen molar-refractivity contribution in [3.8, 4) is 17.2 Å². The predicted octanol–water partition coefficient (Wildman–Crippen LogP) is 5.00. The zero-order valence-electron chi connectivity index (χ0n) is 19.4.